The zero-order valence-electron chi connectivity index (χ0n) is 9.34. The van der Waals surface area contributed by atoms with Crippen molar-refractivity contribution < 1.29 is 17.2 Å². The van der Waals surface area contributed by atoms with Crippen molar-refractivity contribution in [3.63, 3.8) is 0 Å². The highest BCUT2D eigenvalue weighted by atomic mass is 32.2. The van der Waals surface area contributed by atoms with Gasteiger partial charge >= 0.3 is 5.76 Å². The van der Waals surface area contributed by atoms with E-state index in [4.69, 9.17) is 5.73 Å². The van der Waals surface area contributed by atoms with Crippen molar-refractivity contribution in [1.82, 2.24) is 4.98 Å². The normalized spacial score (nSPS) is 12.0. The molecule has 3 N–H and O–H groups in total. The number of alkyl halides is 2. The molecule has 0 bridgehead atoms. The molecular weight excluding hydrogens is 316 g/mol. The van der Waals surface area contributed by atoms with Gasteiger partial charge in [-0.25, -0.2) is 13.4 Å². The Bertz CT molecular complexity index is 666. The van der Waals surface area contributed by atoms with Crippen LogP contribution in [0.3, 0.4) is 0 Å². The minimum Gasteiger partial charge on any atom is -0.326 e. The van der Waals surface area contributed by atoms with Crippen LogP contribution in [0.25, 0.3) is 10.6 Å². The second-order valence-electron chi connectivity index (χ2n) is 3.42. The first-order chi connectivity index (χ1) is 8.92. The van der Waals surface area contributed by atoms with Crippen LogP contribution in [0.15, 0.2) is 17.5 Å². The summed E-state index contributed by atoms with van der Waals surface area (Å²) in [5.74, 6) is -3.48. The van der Waals surface area contributed by atoms with Crippen molar-refractivity contribution in [3.8, 4) is 10.6 Å². The van der Waals surface area contributed by atoms with Gasteiger partial charge in [-0.3, -0.25) is 4.72 Å². The Balaban J connectivity index is 2.20. The third-order valence-corrected chi connectivity index (χ3v) is 5.05. The summed E-state index contributed by atoms with van der Waals surface area (Å²) in [5, 5.41) is 1.51. The fraction of sp³-hybridized carbons (Fsp3) is 0.222. The van der Waals surface area contributed by atoms with Gasteiger partial charge < -0.3 is 5.73 Å². The highest BCUT2D eigenvalue weighted by Gasteiger charge is 2.25. The molecule has 0 unspecified atom stereocenters. The third kappa shape index (κ3) is 3.26. The van der Waals surface area contributed by atoms with Gasteiger partial charge in [0, 0.05) is 16.8 Å². The van der Waals surface area contributed by atoms with Crippen LogP contribution in [0.2, 0.25) is 0 Å². The average Bonchev–Trinajstić information content (AvgIpc) is 2.96. The Hall–Kier alpha value is -1.10. The fourth-order valence-electron chi connectivity index (χ4n) is 1.23. The van der Waals surface area contributed by atoms with Crippen molar-refractivity contribution in [1.29, 1.82) is 0 Å². The van der Waals surface area contributed by atoms with E-state index in [1.54, 1.807) is 16.2 Å². The van der Waals surface area contributed by atoms with Gasteiger partial charge in [0.15, 0.2) is 5.13 Å². The highest BCUT2D eigenvalue weighted by Crippen LogP contribution is 2.31. The molecule has 0 aliphatic rings. The number of nitrogens with zero attached hydrogens (tertiary/aromatic N) is 1. The zero-order valence-corrected chi connectivity index (χ0v) is 11.8. The fourth-order valence-corrected chi connectivity index (χ4v) is 3.62. The summed E-state index contributed by atoms with van der Waals surface area (Å²) in [4.78, 5) is 5.72. The largest absolute Gasteiger partial charge is 0.355 e. The summed E-state index contributed by atoms with van der Waals surface area (Å²) < 4.78 is 48.1. The number of thiazole rings is 1. The van der Waals surface area contributed by atoms with Crippen LogP contribution < -0.4 is 10.5 Å². The van der Waals surface area contributed by atoms with Gasteiger partial charge in [0.25, 0.3) is 10.0 Å². The van der Waals surface area contributed by atoms with Crippen molar-refractivity contribution in [2.24, 2.45) is 5.73 Å². The SMILES string of the molecule is NCc1ccc(-c2csc(NS(=O)(=O)C(F)F)n2)s1. The summed E-state index contributed by atoms with van der Waals surface area (Å²) in [6, 6.07) is 3.63. The smallest absolute Gasteiger partial charge is 0.326 e. The molecule has 0 saturated heterocycles. The number of nitrogens with two attached hydrogens (primary N) is 1. The van der Waals surface area contributed by atoms with Gasteiger partial charge in [-0.05, 0) is 12.1 Å². The van der Waals surface area contributed by atoms with E-state index in [9.17, 15) is 17.2 Å². The van der Waals surface area contributed by atoms with Crippen molar-refractivity contribution >= 4 is 37.8 Å². The molecule has 0 aliphatic carbocycles. The van der Waals surface area contributed by atoms with E-state index < -0.39 is 15.8 Å². The lowest BCUT2D eigenvalue weighted by atomic mass is 10.4. The minimum absolute atomic E-state index is 0.0852. The molecule has 0 aliphatic heterocycles. The molecule has 10 heteroatoms. The van der Waals surface area contributed by atoms with Crippen molar-refractivity contribution in [2.75, 3.05) is 4.72 Å². The Morgan fingerprint density at radius 3 is 2.74 bits per heavy atom. The van der Waals surface area contributed by atoms with Gasteiger partial charge in [0.2, 0.25) is 0 Å². The number of aromatic nitrogens is 1. The molecule has 0 atom stereocenters. The van der Waals surface area contributed by atoms with E-state index in [1.165, 1.54) is 11.3 Å². The summed E-state index contributed by atoms with van der Waals surface area (Å²) in [6.07, 6.45) is 0. The molecule has 0 radical (unpaired) electrons. The Morgan fingerprint density at radius 1 is 1.42 bits per heavy atom. The van der Waals surface area contributed by atoms with Gasteiger partial charge in [0.1, 0.15) is 0 Å². The molecule has 5 nitrogen and oxygen atoms in total. The Labute approximate surface area is 116 Å². The van der Waals surface area contributed by atoms with Crippen molar-refractivity contribution in [3.05, 3.63) is 22.4 Å². The molecule has 2 heterocycles. The predicted molar refractivity (Wildman–Crippen MR) is 71.9 cm³/mol. The quantitative estimate of drug-likeness (QED) is 0.883. The van der Waals surface area contributed by atoms with E-state index in [2.05, 4.69) is 4.98 Å². The van der Waals surface area contributed by atoms with Gasteiger partial charge in [0.05, 0.1) is 10.6 Å². The first kappa shape index (κ1) is 14.3. The first-order valence-corrected chi connectivity index (χ1v) is 8.21. The standard InChI is InChI=1S/C9H9F2N3O2S3/c10-8(11)19(15,16)14-9-13-6(4-17-9)7-2-1-5(3-12)18-7/h1-2,4,8H,3,12H2,(H,13,14). The second kappa shape index (κ2) is 5.49. The summed E-state index contributed by atoms with van der Waals surface area (Å²) in [6.45, 7) is 0.402. The molecule has 2 aromatic heterocycles. The Morgan fingerprint density at radius 2 is 2.16 bits per heavy atom. The van der Waals surface area contributed by atoms with E-state index in [1.807, 2.05) is 6.07 Å². The van der Waals surface area contributed by atoms with Crippen LogP contribution in [0, 0.1) is 0 Å². The molecule has 0 saturated carbocycles. The third-order valence-electron chi connectivity index (χ3n) is 2.08. The molecule has 104 valence electrons. The number of hydrogen-bond donors (Lipinski definition) is 2. The maximum Gasteiger partial charge on any atom is 0.355 e. The molecule has 19 heavy (non-hydrogen) atoms. The number of hydrogen-bond acceptors (Lipinski definition) is 6. The summed E-state index contributed by atoms with van der Waals surface area (Å²) >= 11 is 2.36. The lowest BCUT2D eigenvalue weighted by molar-refractivity contribution is 0.236. The van der Waals surface area contributed by atoms with Crippen LogP contribution in [0.4, 0.5) is 13.9 Å². The lowest BCUT2D eigenvalue weighted by Crippen LogP contribution is -2.20. The van der Waals surface area contributed by atoms with Gasteiger partial charge in [-0.1, -0.05) is 0 Å². The number of rotatable bonds is 5. The second-order valence-corrected chi connectivity index (χ2v) is 7.09. The van der Waals surface area contributed by atoms with Crippen LogP contribution >= 0.6 is 22.7 Å². The average molecular weight is 325 g/mol. The van der Waals surface area contributed by atoms with Gasteiger partial charge in [-0.2, -0.15) is 8.78 Å². The van der Waals surface area contributed by atoms with Crippen LogP contribution in [0.5, 0.6) is 0 Å². The molecule has 0 aromatic carbocycles. The summed E-state index contributed by atoms with van der Waals surface area (Å²) in [7, 11) is -4.67. The number of anilines is 1. The zero-order chi connectivity index (χ0) is 14.0. The molecule has 0 amide bonds. The number of nitrogens with one attached hydrogen (secondary N) is 1. The van der Waals surface area contributed by atoms with Crippen LogP contribution in [-0.4, -0.2) is 19.2 Å². The van der Waals surface area contributed by atoms with E-state index >= 15 is 0 Å². The van der Waals surface area contributed by atoms with E-state index in [0.29, 0.717) is 12.2 Å². The van der Waals surface area contributed by atoms with E-state index in [-0.39, 0.29) is 5.13 Å². The molecule has 0 spiro atoms. The molecular formula is C9H9F2N3O2S3. The van der Waals surface area contributed by atoms with Crippen LogP contribution in [0.1, 0.15) is 4.88 Å². The topological polar surface area (TPSA) is 85.1 Å². The predicted octanol–water partition coefficient (Wildman–Crippen LogP) is 2.29. The number of sulfonamides is 1. The van der Waals surface area contributed by atoms with Crippen LogP contribution in [-0.2, 0) is 16.6 Å². The maximum atomic E-state index is 12.2. The number of thiophene rings is 1. The minimum atomic E-state index is -4.67. The van der Waals surface area contributed by atoms with Crippen molar-refractivity contribution in [2.45, 2.75) is 12.3 Å². The molecule has 2 aromatic rings. The number of halogens is 2. The molecule has 2 rings (SSSR count). The monoisotopic (exact) mass is 325 g/mol. The molecule has 0 fully saturated rings. The van der Waals surface area contributed by atoms with Gasteiger partial charge in [-0.15, -0.1) is 22.7 Å². The van der Waals surface area contributed by atoms with E-state index in [0.717, 1.165) is 21.1 Å². The lowest BCUT2D eigenvalue weighted by Gasteiger charge is -2.02. The highest BCUT2D eigenvalue weighted by molar-refractivity contribution is 7.93. The maximum absolute atomic E-state index is 12.2. The summed E-state index contributed by atoms with van der Waals surface area (Å²) in [5.41, 5.74) is 6.01. The first-order valence-electron chi connectivity index (χ1n) is 4.97. The Kier molecular flexibility index (Phi) is 4.13.